The molecule has 0 atom stereocenters. The van der Waals surface area contributed by atoms with E-state index in [4.69, 9.17) is 11.6 Å². The Morgan fingerprint density at radius 1 is 1.20 bits per heavy atom. The largest absolute Gasteiger partial charge is 0.372 e. The van der Waals surface area contributed by atoms with Crippen molar-refractivity contribution >= 4 is 23.2 Å². The molecule has 4 nitrogen and oxygen atoms in total. The molecule has 0 saturated carbocycles. The van der Waals surface area contributed by atoms with Crippen molar-refractivity contribution in [2.24, 2.45) is 0 Å². The average Bonchev–Trinajstić information content (AvgIpc) is 3.28. The molecule has 2 aliphatic heterocycles. The highest BCUT2D eigenvalue weighted by molar-refractivity contribution is 6.31. The van der Waals surface area contributed by atoms with Crippen molar-refractivity contribution in [3.63, 3.8) is 0 Å². The van der Waals surface area contributed by atoms with Gasteiger partial charge >= 0.3 is 0 Å². The molecule has 2 saturated heterocycles. The van der Waals surface area contributed by atoms with Crippen LogP contribution in [0.15, 0.2) is 59.8 Å². The maximum absolute atomic E-state index is 12.9. The highest BCUT2D eigenvalue weighted by atomic mass is 35.5. The molecule has 2 aliphatic rings. The first-order valence-corrected chi connectivity index (χ1v) is 11.6. The molecular weight excluding hydrogens is 394 g/mol. The van der Waals surface area contributed by atoms with Gasteiger partial charge in [-0.1, -0.05) is 42.8 Å². The van der Waals surface area contributed by atoms with Gasteiger partial charge in [-0.25, -0.2) is 0 Å². The quantitative estimate of drug-likeness (QED) is 0.452. The SMILES string of the molecule is C\C=C/C(=C\C(=C\CC)N1CCC(N2CCCC2)CC1)C(=O)Nc1cccc(Cl)c1. The van der Waals surface area contributed by atoms with E-state index < -0.39 is 0 Å². The normalized spacial score (nSPS) is 19.6. The predicted molar refractivity (Wildman–Crippen MR) is 127 cm³/mol. The molecule has 3 rings (SSSR count). The smallest absolute Gasteiger partial charge is 0.255 e. The van der Waals surface area contributed by atoms with Gasteiger partial charge in [0.2, 0.25) is 0 Å². The topological polar surface area (TPSA) is 35.6 Å². The Balaban J connectivity index is 1.71. The van der Waals surface area contributed by atoms with Gasteiger partial charge in [0.05, 0.1) is 0 Å². The molecule has 1 amide bonds. The van der Waals surface area contributed by atoms with Gasteiger partial charge in [0.25, 0.3) is 5.91 Å². The first kappa shape index (κ1) is 22.6. The standard InChI is InChI=1S/C25H34ClN3O/c1-3-8-20(25(30)27-22-11-7-10-21(26)19-22)18-24(9-4-2)29-16-12-23(13-17-29)28-14-5-6-15-28/h3,7-11,18-19,23H,4-6,12-17H2,1-2H3,(H,27,30)/b8-3-,20-18+,24-9-. The summed E-state index contributed by atoms with van der Waals surface area (Å²) in [6, 6.07) is 7.97. The van der Waals surface area contributed by atoms with E-state index in [-0.39, 0.29) is 5.91 Å². The van der Waals surface area contributed by atoms with E-state index >= 15 is 0 Å². The maximum Gasteiger partial charge on any atom is 0.255 e. The van der Waals surface area contributed by atoms with Crippen molar-refractivity contribution in [1.82, 2.24) is 9.80 Å². The number of allylic oxidation sites excluding steroid dienone is 3. The summed E-state index contributed by atoms with van der Waals surface area (Å²) in [6.45, 7) is 8.69. The molecule has 30 heavy (non-hydrogen) atoms. The molecular formula is C25H34ClN3O. The van der Waals surface area contributed by atoms with Crippen LogP contribution in [-0.2, 0) is 4.79 Å². The van der Waals surface area contributed by atoms with Crippen LogP contribution in [0.25, 0.3) is 0 Å². The van der Waals surface area contributed by atoms with Crippen molar-refractivity contribution < 1.29 is 4.79 Å². The Bertz CT molecular complexity index is 800. The minimum atomic E-state index is -0.121. The van der Waals surface area contributed by atoms with Crippen molar-refractivity contribution in [3.8, 4) is 0 Å². The highest BCUT2D eigenvalue weighted by Gasteiger charge is 2.26. The summed E-state index contributed by atoms with van der Waals surface area (Å²) < 4.78 is 0. The van der Waals surface area contributed by atoms with Gasteiger partial charge < -0.3 is 15.1 Å². The highest BCUT2D eigenvalue weighted by Crippen LogP contribution is 2.25. The minimum absolute atomic E-state index is 0.121. The Morgan fingerprint density at radius 3 is 2.57 bits per heavy atom. The van der Waals surface area contributed by atoms with Gasteiger partial charge in [0.15, 0.2) is 0 Å². The van der Waals surface area contributed by atoms with Crippen LogP contribution in [0.1, 0.15) is 46.0 Å². The van der Waals surface area contributed by atoms with Crippen molar-refractivity contribution in [2.45, 2.75) is 52.0 Å². The molecule has 0 radical (unpaired) electrons. The van der Waals surface area contributed by atoms with E-state index in [0.717, 1.165) is 31.2 Å². The number of halogens is 1. The second-order valence-corrected chi connectivity index (χ2v) is 8.50. The van der Waals surface area contributed by atoms with Crippen molar-refractivity contribution in [1.29, 1.82) is 0 Å². The van der Waals surface area contributed by atoms with Crippen LogP contribution in [0.4, 0.5) is 5.69 Å². The third-order valence-corrected chi connectivity index (χ3v) is 6.13. The number of amides is 1. The summed E-state index contributed by atoms with van der Waals surface area (Å²) in [5, 5.41) is 3.58. The maximum atomic E-state index is 12.9. The number of benzene rings is 1. The minimum Gasteiger partial charge on any atom is -0.372 e. The summed E-state index contributed by atoms with van der Waals surface area (Å²) in [5.41, 5.74) is 2.50. The molecule has 2 fully saturated rings. The Kier molecular flexibility index (Phi) is 8.59. The molecule has 0 spiro atoms. The van der Waals surface area contributed by atoms with E-state index in [1.807, 2.05) is 37.3 Å². The zero-order chi connectivity index (χ0) is 21.3. The number of hydrogen-bond donors (Lipinski definition) is 1. The lowest BCUT2D eigenvalue weighted by Gasteiger charge is -2.38. The number of piperidine rings is 1. The van der Waals surface area contributed by atoms with Crippen molar-refractivity contribution in [3.05, 3.63) is 64.9 Å². The van der Waals surface area contributed by atoms with Crippen LogP contribution in [-0.4, -0.2) is 47.9 Å². The molecule has 1 N–H and O–H groups in total. The van der Waals surface area contributed by atoms with Gasteiger partial charge in [-0.15, -0.1) is 0 Å². The summed E-state index contributed by atoms with van der Waals surface area (Å²) >= 11 is 6.06. The van der Waals surface area contributed by atoms with Crippen LogP contribution in [0, 0.1) is 0 Å². The predicted octanol–water partition coefficient (Wildman–Crippen LogP) is 5.64. The fourth-order valence-electron chi connectivity index (χ4n) is 4.38. The lowest BCUT2D eigenvalue weighted by molar-refractivity contribution is -0.112. The lowest BCUT2D eigenvalue weighted by atomic mass is 10.0. The molecule has 2 heterocycles. The summed E-state index contributed by atoms with van der Waals surface area (Å²) in [7, 11) is 0. The van der Waals surface area contributed by atoms with E-state index in [1.54, 1.807) is 12.1 Å². The third kappa shape index (κ3) is 6.23. The van der Waals surface area contributed by atoms with Gasteiger partial charge in [-0.05, 0) is 76.4 Å². The van der Waals surface area contributed by atoms with E-state index in [1.165, 1.54) is 38.8 Å². The monoisotopic (exact) mass is 427 g/mol. The van der Waals surface area contributed by atoms with Crippen LogP contribution in [0.2, 0.25) is 5.02 Å². The Labute approximate surface area is 186 Å². The van der Waals surface area contributed by atoms with Crippen LogP contribution < -0.4 is 5.32 Å². The second kappa shape index (κ2) is 11.4. The lowest BCUT2D eigenvalue weighted by Crippen LogP contribution is -2.43. The zero-order valence-electron chi connectivity index (χ0n) is 18.2. The van der Waals surface area contributed by atoms with Crippen molar-refractivity contribution in [2.75, 3.05) is 31.5 Å². The summed E-state index contributed by atoms with van der Waals surface area (Å²) in [4.78, 5) is 18.0. The average molecular weight is 428 g/mol. The summed E-state index contributed by atoms with van der Waals surface area (Å²) in [5.74, 6) is -0.121. The zero-order valence-corrected chi connectivity index (χ0v) is 19.0. The van der Waals surface area contributed by atoms with E-state index in [9.17, 15) is 4.79 Å². The molecule has 0 bridgehead atoms. The van der Waals surface area contributed by atoms with E-state index in [2.05, 4.69) is 28.1 Å². The first-order chi connectivity index (χ1) is 14.6. The van der Waals surface area contributed by atoms with Crippen LogP contribution >= 0.6 is 11.6 Å². The fraction of sp³-hybridized carbons (Fsp3) is 0.480. The molecule has 5 heteroatoms. The number of rotatable bonds is 7. The second-order valence-electron chi connectivity index (χ2n) is 8.06. The van der Waals surface area contributed by atoms with Gasteiger partial charge in [-0.2, -0.15) is 0 Å². The number of hydrogen-bond acceptors (Lipinski definition) is 3. The van der Waals surface area contributed by atoms with E-state index in [0.29, 0.717) is 16.3 Å². The molecule has 0 unspecified atom stereocenters. The third-order valence-electron chi connectivity index (χ3n) is 5.89. The number of likely N-dealkylation sites (tertiary alicyclic amines) is 2. The number of anilines is 1. The Hall–Kier alpha value is -2.04. The number of carbonyl (C=O) groups is 1. The molecule has 162 valence electrons. The van der Waals surface area contributed by atoms with Crippen LogP contribution in [0.3, 0.4) is 0 Å². The number of nitrogens with one attached hydrogen (secondary N) is 1. The van der Waals surface area contributed by atoms with Gasteiger partial charge in [-0.3, -0.25) is 4.79 Å². The molecule has 1 aromatic rings. The van der Waals surface area contributed by atoms with Gasteiger partial charge in [0.1, 0.15) is 0 Å². The first-order valence-electron chi connectivity index (χ1n) is 11.2. The Morgan fingerprint density at radius 2 is 1.93 bits per heavy atom. The molecule has 0 aliphatic carbocycles. The van der Waals surface area contributed by atoms with Gasteiger partial charge in [0, 0.05) is 41.1 Å². The van der Waals surface area contributed by atoms with Crippen LogP contribution in [0.5, 0.6) is 0 Å². The number of carbonyl (C=O) groups excluding carboxylic acids is 1. The molecule has 0 aromatic heterocycles. The molecule has 1 aromatic carbocycles. The summed E-state index contributed by atoms with van der Waals surface area (Å²) in [6.07, 6.45) is 14.1. The number of nitrogens with zero attached hydrogens (tertiary/aromatic N) is 2. The fourth-order valence-corrected chi connectivity index (χ4v) is 4.57.